The first-order valence-electron chi connectivity index (χ1n) is 7.34. The van der Waals surface area contributed by atoms with Crippen LogP contribution in [0.25, 0.3) is 0 Å². The van der Waals surface area contributed by atoms with Crippen LogP contribution in [0.2, 0.25) is 0 Å². The molecule has 106 valence electrons. The van der Waals surface area contributed by atoms with Crippen LogP contribution in [0.3, 0.4) is 0 Å². The van der Waals surface area contributed by atoms with Crippen molar-refractivity contribution >= 4 is 15.9 Å². The van der Waals surface area contributed by atoms with Gasteiger partial charge in [-0.1, -0.05) is 34.5 Å². The Kier molecular flexibility index (Phi) is 5.86. The molecule has 0 aliphatic carbocycles. The fourth-order valence-electron chi connectivity index (χ4n) is 2.88. The Morgan fingerprint density at radius 1 is 1.37 bits per heavy atom. The van der Waals surface area contributed by atoms with Crippen LogP contribution in [0.1, 0.15) is 36.8 Å². The van der Waals surface area contributed by atoms with Gasteiger partial charge in [-0.2, -0.15) is 0 Å². The van der Waals surface area contributed by atoms with Crippen LogP contribution < -0.4 is 5.32 Å². The molecule has 1 heterocycles. The molecule has 1 unspecified atom stereocenters. The first kappa shape index (κ1) is 15.0. The molecule has 1 fully saturated rings. The van der Waals surface area contributed by atoms with E-state index in [4.69, 9.17) is 0 Å². The molecular weight excluding hydrogens is 300 g/mol. The Hall–Kier alpha value is -0.380. The highest BCUT2D eigenvalue weighted by molar-refractivity contribution is 9.10. The minimum Gasteiger partial charge on any atom is -0.320 e. The maximum atomic E-state index is 3.64. The van der Waals surface area contributed by atoms with Crippen molar-refractivity contribution in [2.75, 3.05) is 20.1 Å². The van der Waals surface area contributed by atoms with Gasteiger partial charge in [0.2, 0.25) is 0 Å². The highest BCUT2D eigenvalue weighted by Gasteiger charge is 2.21. The van der Waals surface area contributed by atoms with Gasteiger partial charge in [0.05, 0.1) is 0 Å². The van der Waals surface area contributed by atoms with E-state index >= 15 is 0 Å². The fourth-order valence-corrected chi connectivity index (χ4v) is 3.30. The highest BCUT2D eigenvalue weighted by Crippen LogP contribution is 2.24. The van der Waals surface area contributed by atoms with Crippen molar-refractivity contribution in [3.63, 3.8) is 0 Å². The van der Waals surface area contributed by atoms with Crippen molar-refractivity contribution in [1.29, 1.82) is 0 Å². The normalized spacial score (nSPS) is 20.7. The van der Waals surface area contributed by atoms with Gasteiger partial charge >= 0.3 is 0 Å². The van der Waals surface area contributed by atoms with E-state index < -0.39 is 0 Å². The molecule has 1 aromatic rings. The van der Waals surface area contributed by atoms with E-state index in [0.29, 0.717) is 0 Å². The van der Waals surface area contributed by atoms with E-state index in [-0.39, 0.29) is 0 Å². The molecule has 1 aliphatic heterocycles. The molecule has 0 amide bonds. The van der Waals surface area contributed by atoms with Crippen molar-refractivity contribution in [2.45, 2.75) is 45.2 Å². The summed E-state index contributed by atoms with van der Waals surface area (Å²) in [5.74, 6) is 0. The molecule has 1 N–H and O–H groups in total. The van der Waals surface area contributed by atoms with Crippen molar-refractivity contribution in [3.8, 4) is 0 Å². The maximum Gasteiger partial charge on any atom is 0.0237 e. The van der Waals surface area contributed by atoms with E-state index in [1.807, 2.05) is 7.05 Å². The zero-order chi connectivity index (χ0) is 13.7. The molecular formula is C16H25BrN2. The Morgan fingerprint density at radius 2 is 2.21 bits per heavy atom. The third kappa shape index (κ3) is 4.30. The molecule has 0 saturated carbocycles. The lowest BCUT2D eigenvalue weighted by molar-refractivity contribution is 0.132. The van der Waals surface area contributed by atoms with Gasteiger partial charge in [0.25, 0.3) is 0 Å². The summed E-state index contributed by atoms with van der Waals surface area (Å²) >= 11 is 3.64. The number of aryl methyl sites for hydroxylation is 1. The van der Waals surface area contributed by atoms with Gasteiger partial charge in [0, 0.05) is 17.1 Å². The first-order chi connectivity index (χ1) is 9.20. The number of hydrogen-bond donors (Lipinski definition) is 1. The standard InChI is InChI=1S/C16H25BrN2/c1-13-6-7-14(11-16(13)17)12-19-10-4-3-5-15(19)8-9-18-2/h6-7,11,15,18H,3-5,8-10,12H2,1-2H3. The summed E-state index contributed by atoms with van der Waals surface area (Å²) in [5, 5.41) is 3.28. The number of piperidine rings is 1. The van der Waals surface area contributed by atoms with E-state index in [0.717, 1.165) is 19.1 Å². The van der Waals surface area contributed by atoms with Crippen LogP contribution in [0.5, 0.6) is 0 Å². The van der Waals surface area contributed by atoms with Crippen molar-refractivity contribution in [2.24, 2.45) is 0 Å². The zero-order valence-corrected chi connectivity index (χ0v) is 13.7. The SMILES string of the molecule is CNCCC1CCCCN1Cc1ccc(C)c(Br)c1. The number of nitrogens with one attached hydrogen (secondary N) is 1. The minimum absolute atomic E-state index is 0.751. The van der Waals surface area contributed by atoms with Crippen molar-refractivity contribution in [1.82, 2.24) is 10.2 Å². The smallest absolute Gasteiger partial charge is 0.0237 e. The Balaban J connectivity index is 1.99. The molecule has 1 saturated heterocycles. The Morgan fingerprint density at radius 3 is 2.95 bits per heavy atom. The Labute approximate surface area is 125 Å². The maximum absolute atomic E-state index is 3.64. The lowest BCUT2D eigenvalue weighted by atomic mass is 9.98. The van der Waals surface area contributed by atoms with Crippen molar-refractivity contribution in [3.05, 3.63) is 33.8 Å². The molecule has 3 heteroatoms. The predicted molar refractivity (Wildman–Crippen MR) is 85.5 cm³/mol. The van der Waals surface area contributed by atoms with E-state index in [9.17, 15) is 0 Å². The van der Waals surface area contributed by atoms with Gasteiger partial charge in [-0.25, -0.2) is 0 Å². The van der Waals surface area contributed by atoms with Crippen LogP contribution in [-0.4, -0.2) is 31.1 Å². The summed E-state index contributed by atoms with van der Waals surface area (Å²) in [4.78, 5) is 2.66. The van der Waals surface area contributed by atoms with E-state index in [2.05, 4.69) is 51.3 Å². The highest BCUT2D eigenvalue weighted by atomic mass is 79.9. The molecule has 19 heavy (non-hydrogen) atoms. The quantitative estimate of drug-likeness (QED) is 0.888. The zero-order valence-electron chi connectivity index (χ0n) is 12.1. The fraction of sp³-hybridized carbons (Fsp3) is 0.625. The number of likely N-dealkylation sites (tertiary alicyclic amines) is 1. The predicted octanol–water partition coefficient (Wildman–Crippen LogP) is 3.72. The van der Waals surface area contributed by atoms with Gasteiger partial charge in [-0.15, -0.1) is 0 Å². The summed E-state index contributed by atoms with van der Waals surface area (Å²) in [6.07, 6.45) is 5.36. The second-order valence-electron chi connectivity index (χ2n) is 5.60. The van der Waals surface area contributed by atoms with Crippen LogP contribution in [-0.2, 0) is 6.54 Å². The van der Waals surface area contributed by atoms with E-state index in [1.165, 1.54) is 47.8 Å². The molecule has 0 radical (unpaired) electrons. The van der Waals surface area contributed by atoms with Crippen LogP contribution in [0, 0.1) is 6.92 Å². The number of rotatable bonds is 5. The second kappa shape index (κ2) is 7.41. The molecule has 1 aromatic carbocycles. The van der Waals surface area contributed by atoms with Gasteiger partial charge in [0.1, 0.15) is 0 Å². The molecule has 0 aromatic heterocycles. The average molecular weight is 325 g/mol. The van der Waals surface area contributed by atoms with Crippen LogP contribution >= 0.6 is 15.9 Å². The number of hydrogen-bond acceptors (Lipinski definition) is 2. The van der Waals surface area contributed by atoms with Gasteiger partial charge in [0.15, 0.2) is 0 Å². The van der Waals surface area contributed by atoms with Gasteiger partial charge in [-0.05, 0) is 63.5 Å². The summed E-state index contributed by atoms with van der Waals surface area (Å²) in [6, 6.07) is 7.51. The monoisotopic (exact) mass is 324 g/mol. The van der Waals surface area contributed by atoms with Crippen LogP contribution in [0.15, 0.2) is 22.7 Å². The molecule has 2 nitrogen and oxygen atoms in total. The average Bonchev–Trinajstić information content (AvgIpc) is 2.42. The lowest BCUT2D eigenvalue weighted by Gasteiger charge is -2.36. The lowest BCUT2D eigenvalue weighted by Crippen LogP contribution is -2.40. The first-order valence-corrected chi connectivity index (χ1v) is 8.13. The molecule has 2 rings (SSSR count). The molecule has 0 bridgehead atoms. The number of benzene rings is 1. The number of halogens is 1. The summed E-state index contributed by atoms with van der Waals surface area (Å²) in [7, 11) is 2.05. The second-order valence-corrected chi connectivity index (χ2v) is 6.45. The third-order valence-corrected chi connectivity index (χ3v) is 4.95. The summed E-state index contributed by atoms with van der Waals surface area (Å²) in [5.41, 5.74) is 2.74. The van der Waals surface area contributed by atoms with Gasteiger partial charge < -0.3 is 5.32 Å². The Bertz CT molecular complexity index is 406. The topological polar surface area (TPSA) is 15.3 Å². The molecule has 0 spiro atoms. The van der Waals surface area contributed by atoms with Crippen LogP contribution in [0.4, 0.5) is 0 Å². The summed E-state index contributed by atoms with van der Waals surface area (Å²) < 4.78 is 1.23. The largest absolute Gasteiger partial charge is 0.320 e. The van der Waals surface area contributed by atoms with E-state index in [1.54, 1.807) is 0 Å². The van der Waals surface area contributed by atoms with Crippen molar-refractivity contribution < 1.29 is 0 Å². The van der Waals surface area contributed by atoms with Gasteiger partial charge in [-0.3, -0.25) is 4.90 Å². The minimum atomic E-state index is 0.751. The summed E-state index contributed by atoms with van der Waals surface area (Å²) in [6.45, 7) is 5.61. The third-order valence-electron chi connectivity index (χ3n) is 4.10. The molecule has 1 atom stereocenters. The number of nitrogens with zero attached hydrogens (tertiary/aromatic N) is 1. The molecule has 1 aliphatic rings.